The lowest BCUT2D eigenvalue weighted by molar-refractivity contribution is -0.134. The molecule has 0 radical (unpaired) electrons. The molecule has 3 aromatic rings. The van der Waals surface area contributed by atoms with E-state index >= 15 is 0 Å². The molecule has 0 aromatic heterocycles. The highest BCUT2D eigenvalue weighted by Crippen LogP contribution is 2.35. The number of piperazine rings is 1. The molecule has 3 aromatic carbocycles. The number of nitrogens with zero attached hydrogens (tertiary/aromatic N) is 4. The minimum Gasteiger partial charge on any atom is -0.367 e. The fourth-order valence-corrected chi connectivity index (χ4v) is 5.16. The second-order valence-corrected chi connectivity index (χ2v) is 9.56. The van der Waals surface area contributed by atoms with Crippen LogP contribution in [0.25, 0.3) is 0 Å². The predicted molar refractivity (Wildman–Crippen MR) is 138 cm³/mol. The molecule has 1 unspecified atom stereocenters. The number of para-hydroxylation sites is 1. The van der Waals surface area contributed by atoms with Crippen LogP contribution in [0.15, 0.2) is 71.8 Å². The quantitative estimate of drug-likeness (QED) is 0.503. The zero-order chi connectivity index (χ0) is 25.2. The van der Waals surface area contributed by atoms with Crippen molar-refractivity contribution >= 4 is 17.3 Å². The summed E-state index contributed by atoms with van der Waals surface area (Å²) in [6.45, 7) is 6.85. The fourth-order valence-electron chi connectivity index (χ4n) is 5.16. The lowest BCUT2D eigenvalue weighted by Gasteiger charge is -2.36. The molecular weight excluding hydrogens is 458 g/mol. The van der Waals surface area contributed by atoms with E-state index in [1.54, 1.807) is 35.3 Å². The van der Waals surface area contributed by atoms with Crippen LogP contribution in [0.1, 0.15) is 34.7 Å². The first-order valence-electron chi connectivity index (χ1n) is 12.3. The second kappa shape index (κ2) is 10.2. The minimum atomic E-state index is -0.339. The normalized spacial score (nSPS) is 18.4. The Morgan fingerprint density at radius 1 is 0.917 bits per heavy atom. The van der Waals surface area contributed by atoms with E-state index in [2.05, 4.69) is 16.1 Å². The van der Waals surface area contributed by atoms with Crippen molar-refractivity contribution in [1.29, 1.82) is 0 Å². The first kappa shape index (κ1) is 24.1. The van der Waals surface area contributed by atoms with Crippen molar-refractivity contribution in [2.45, 2.75) is 26.3 Å². The zero-order valence-corrected chi connectivity index (χ0v) is 20.6. The number of carbonyl (C=O) groups excluding carboxylic acids is 1. The Hall–Kier alpha value is -3.58. The molecule has 36 heavy (non-hydrogen) atoms. The molecule has 0 saturated carbocycles. The largest absolute Gasteiger partial charge is 0.367 e. The predicted octanol–water partition coefficient (Wildman–Crippen LogP) is 5.08. The van der Waals surface area contributed by atoms with Gasteiger partial charge in [0.25, 0.3) is 5.91 Å². The fraction of sp³-hybridized carbons (Fsp3) is 0.310. The van der Waals surface area contributed by atoms with Gasteiger partial charge in [0.15, 0.2) is 0 Å². The van der Waals surface area contributed by atoms with Crippen molar-refractivity contribution in [2.24, 2.45) is 5.10 Å². The summed E-state index contributed by atoms with van der Waals surface area (Å²) in [5.74, 6) is -0.690. The van der Waals surface area contributed by atoms with E-state index in [1.165, 1.54) is 12.1 Å². The van der Waals surface area contributed by atoms with Crippen molar-refractivity contribution < 1.29 is 13.6 Å². The molecule has 1 amide bonds. The van der Waals surface area contributed by atoms with Crippen LogP contribution < -0.4 is 4.90 Å². The topological polar surface area (TPSA) is 39.2 Å². The average molecular weight is 489 g/mol. The molecule has 0 bridgehead atoms. The summed E-state index contributed by atoms with van der Waals surface area (Å²) in [5, 5.41) is 6.20. The zero-order valence-electron chi connectivity index (χ0n) is 20.6. The Bertz CT molecular complexity index is 1300. The van der Waals surface area contributed by atoms with Gasteiger partial charge in [0.1, 0.15) is 11.6 Å². The summed E-state index contributed by atoms with van der Waals surface area (Å²) >= 11 is 0. The summed E-state index contributed by atoms with van der Waals surface area (Å²) in [7, 11) is 0. The van der Waals surface area contributed by atoms with Gasteiger partial charge in [-0.25, -0.2) is 13.8 Å². The minimum absolute atomic E-state index is 0.120. The van der Waals surface area contributed by atoms with E-state index in [-0.39, 0.29) is 30.1 Å². The molecule has 2 aliphatic heterocycles. The molecule has 0 spiro atoms. The molecule has 1 fully saturated rings. The third-order valence-electron chi connectivity index (χ3n) is 7.06. The third kappa shape index (κ3) is 4.88. The smallest absolute Gasteiger partial charge is 0.257 e. The molecule has 0 aliphatic carbocycles. The molecule has 0 N–H and O–H groups in total. The number of aryl methyl sites for hydroxylation is 2. The molecule has 186 valence electrons. The van der Waals surface area contributed by atoms with Crippen LogP contribution in [0.2, 0.25) is 0 Å². The molecule has 2 heterocycles. The van der Waals surface area contributed by atoms with Gasteiger partial charge >= 0.3 is 0 Å². The Morgan fingerprint density at radius 3 is 2.31 bits per heavy atom. The monoisotopic (exact) mass is 488 g/mol. The maximum atomic E-state index is 14.6. The van der Waals surface area contributed by atoms with Gasteiger partial charge in [-0.1, -0.05) is 54.1 Å². The number of anilines is 1. The highest BCUT2D eigenvalue weighted by Gasteiger charge is 2.35. The second-order valence-electron chi connectivity index (χ2n) is 9.56. The van der Waals surface area contributed by atoms with Gasteiger partial charge in [-0.05, 0) is 43.2 Å². The Kier molecular flexibility index (Phi) is 6.83. The first-order valence-corrected chi connectivity index (χ1v) is 12.3. The van der Waals surface area contributed by atoms with Gasteiger partial charge in [-0.15, -0.1) is 0 Å². The number of hydrogen-bond donors (Lipinski definition) is 0. The molecule has 5 rings (SSSR count). The Labute approximate surface area is 210 Å². The van der Waals surface area contributed by atoms with Crippen molar-refractivity contribution in [3.63, 3.8) is 0 Å². The first-order chi connectivity index (χ1) is 17.4. The maximum absolute atomic E-state index is 14.6. The van der Waals surface area contributed by atoms with Crippen molar-refractivity contribution in [3.8, 4) is 0 Å². The Morgan fingerprint density at radius 2 is 1.61 bits per heavy atom. The SMILES string of the molecule is Cc1ccc(C2CC(c3ccccc3F)=NN2C(=O)CN2CCN(c3ccccc3F)CC2)c(C)c1. The third-order valence-corrected chi connectivity index (χ3v) is 7.06. The number of amides is 1. The summed E-state index contributed by atoms with van der Waals surface area (Å²) < 4.78 is 28.8. The van der Waals surface area contributed by atoms with E-state index in [4.69, 9.17) is 0 Å². The number of rotatable bonds is 5. The van der Waals surface area contributed by atoms with Crippen LogP contribution in [0.4, 0.5) is 14.5 Å². The van der Waals surface area contributed by atoms with Gasteiger partial charge in [0, 0.05) is 38.2 Å². The van der Waals surface area contributed by atoms with Gasteiger partial charge in [-0.3, -0.25) is 9.69 Å². The Balaban J connectivity index is 1.34. The summed E-state index contributed by atoms with van der Waals surface area (Å²) in [6, 6.07) is 19.2. The van der Waals surface area contributed by atoms with Gasteiger partial charge in [0.2, 0.25) is 0 Å². The number of carbonyl (C=O) groups is 1. The molecule has 1 atom stereocenters. The van der Waals surface area contributed by atoms with Gasteiger partial charge in [0.05, 0.1) is 24.0 Å². The maximum Gasteiger partial charge on any atom is 0.257 e. The number of hydrogen-bond acceptors (Lipinski definition) is 4. The van der Waals surface area contributed by atoms with Crippen molar-refractivity contribution in [2.75, 3.05) is 37.6 Å². The van der Waals surface area contributed by atoms with E-state index in [9.17, 15) is 13.6 Å². The summed E-state index contributed by atoms with van der Waals surface area (Å²) in [4.78, 5) is 17.6. The van der Waals surface area contributed by atoms with Crippen molar-refractivity contribution in [1.82, 2.24) is 9.91 Å². The summed E-state index contributed by atoms with van der Waals surface area (Å²) in [6.07, 6.45) is 0.456. The van der Waals surface area contributed by atoms with E-state index in [1.807, 2.05) is 36.9 Å². The van der Waals surface area contributed by atoms with Crippen molar-refractivity contribution in [3.05, 3.63) is 101 Å². The molecule has 1 saturated heterocycles. The standard InChI is InChI=1S/C29H30F2N4O/c1-20-11-12-22(21(2)17-20)28-18-26(23-7-3-4-8-24(23)30)32-35(28)29(36)19-33-13-15-34(16-14-33)27-10-6-5-9-25(27)31/h3-12,17,28H,13-16,18-19H2,1-2H3. The van der Waals surface area contributed by atoms with Crippen LogP contribution in [0.5, 0.6) is 0 Å². The van der Waals surface area contributed by atoms with Crippen LogP contribution in [-0.2, 0) is 4.79 Å². The van der Waals surface area contributed by atoms with Crippen LogP contribution in [0, 0.1) is 25.5 Å². The average Bonchev–Trinajstić information content (AvgIpc) is 3.30. The molecule has 2 aliphatic rings. The van der Waals surface area contributed by atoms with E-state index < -0.39 is 0 Å². The van der Waals surface area contributed by atoms with Crippen LogP contribution >= 0.6 is 0 Å². The van der Waals surface area contributed by atoms with Crippen LogP contribution in [0.3, 0.4) is 0 Å². The van der Waals surface area contributed by atoms with Crippen LogP contribution in [-0.4, -0.2) is 54.3 Å². The number of benzene rings is 3. The highest BCUT2D eigenvalue weighted by atomic mass is 19.1. The molecular formula is C29H30F2N4O. The van der Waals surface area contributed by atoms with E-state index in [0.29, 0.717) is 49.6 Å². The molecule has 5 nitrogen and oxygen atoms in total. The lowest BCUT2D eigenvalue weighted by Crippen LogP contribution is -2.49. The van der Waals surface area contributed by atoms with Gasteiger partial charge < -0.3 is 4.90 Å². The number of halogens is 2. The lowest BCUT2D eigenvalue weighted by atomic mass is 9.94. The van der Waals surface area contributed by atoms with Gasteiger partial charge in [-0.2, -0.15) is 5.10 Å². The molecule has 7 heteroatoms. The summed E-state index contributed by atoms with van der Waals surface area (Å²) in [5.41, 5.74) is 4.86. The number of hydrazone groups is 1. The van der Waals surface area contributed by atoms with E-state index in [0.717, 1.165) is 16.7 Å². The highest BCUT2D eigenvalue weighted by molar-refractivity contribution is 6.03.